The summed E-state index contributed by atoms with van der Waals surface area (Å²) in [4.78, 5) is 11.4. The summed E-state index contributed by atoms with van der Waals surface area (Å²) >= 11 is 0. The molecule has 0 radical (unpaired) electrons. The van der Waals surface area contributed by atoms with E-state index < -0.39 is 6.10 Å². The SMILES string of the molecule is COCC(C)OCC(O)CN1CCC(c2nccc(-c3ccc(F)cc3)n2)CC1. The number of nitrogens with zero attached hydrogens (tertiary/aromatic N) is 3. The van der Waals surface area contributed by atoms with Gasteiger partial charge in [0.25, 0.3) is 0 Å². The number of benzene rings is 1. The predicted molar refractivity (Wildman–Crippen MR) is 109 cm³/mol. The van der Waals surface area contributed by atoms with Gasteiger partial charge in [-0.2, -0.15) is 0 Å². The quantitative estimate of drug-likeness (QED) is 0.694. The smallest absolute Gasteiger partial charge is 0.132 e. The Morgan fingerprint density at radius 3 is 2.59 bits per heavy atom. The molecule has 1 saturated heterocycles. The first-order chi connectivity index (χ1) is 14.0. The third-order valence-corrected chi connectivity index (χ3v) is 5.21. The van der Waals surface area contributed by atoms with Crippen LogP contribution >= 0.6 is 0 Å². The number of halogens is 1. The summed E-state index contributed by atoms with van der Waals surface area (Å²) in [6, 6.07) is 8.22. The van der Waals surface area contributed by atoms with Crippen molar-refractivity contribution in [3.63, 3.8) is 0 Å². The molecule has 1 aliphatic rings. The Balaban J connectivity index is 1.49. The zero-order chi connectivity index (χ0) is 20.6. The van der Waals surface area contributed by atoms with Crippen LogP contribution in [0.2, 0.25) is 0 Å². The lowest BCUT2D eigenvalue weighted by Gasteiger charge is -2.32. The Morgan fingerprint density at radius 2 is 1.90 bits per heavy atom. The van der Waals surface area contributed by atoms with Crippen LogP contribution in [-0.4, -0.2) is 72.1 Å². The van der Waals surface area contributed by atoms with Crippen molar-refractivity contribution in [2.45, 2.75) is 37.9 Å². The number of methoxy groups -OCH3 is 1. The first-order valence-electron chi connectivity index (χ1n) is 10.1. The molecule has 1 aliphatic heterocycles. The van der Waals surface area contributed by atoms with E-state index in [1.807, 2.05) is 13.0 Å². The number of ether oxygens (including phenoxy) is 2. The molecule has 2 atom stereocenters. The van der Waals surface area contributed by atoms with Gasteiger partial charge in [-0.05, 0) is 63.2 Å². The Morgan fingerprint density at radius 1 is 1.17 bits per heavy atom. The first kappa shape index (κ1) is 21.8. The van der Waals surface area contributed by atoms with E-state index in [0.717, 1.165) is 43.0 Å². The molecule has 0 bridgehead atoms. The van der Waals surface area contributed by atoms with Crippen molar-refractivity contribution in [1.82, 2.24) is 14.9 Å². The Bertz CT molecular complexity index is 751. The van der Waals surface area contributed by atoms with Crippen molar-refractivity contribution in [3.8, 4) is 11.3 Å². The number of aliphatic hydroxyl groups excluding tert-OH is 1. The van der Waals surface area contributed by atoms with E-state index in [0.29, 0.717) is 25.7 Å². The minimum atomic E-state index is -0.510. The number of aromatic nitrogens is 2. The van der Waals surface area contributed by atoms with Crippen molar-refractivity contribution in [1.29, 1.82) is 0 Å². The van der Waals surface area contributed by atoms with Crippen LogP contribution < -0.4 is 0 Å². The summed E-state index contributed by atoms with van der Waals surface area (Å²) in [5, 5.41) is 10.2. The normalized spacial score (nSPS) is 17.9. The second-order valence-corrected chi connectivity index (χ2v) is 7.63. The van der Waals surface area contributed by atoms with Gasteiger partial charge in [0.05, 0.1) is 31.1 Å². The lowest BCUT2D eigenvalue weighted by molar-refractivity contribution is -0.0411. The summed E-state index contributed by atoms with van der Waals surface area (Å²) in [6.45, 7) is 5.14. The van der Waals surface area contributed by atoms with E-state index in [9.17, 15) is 9.50 Å². The highest BCUT2D eigenvalue weighted by Gasteiger charge is 2.24. The number of hydrogen-bond acceptors (Lipinski definition) is 6. The topological polar surface area (TPSA) is 67.7 Å². The van der Waals surface area contributed by atoms with E-state index in [4.69, 9.17) is 14.5 Å². The van der Waals surface area contributed by atoms with E-state index in [2.05, 4.69) is 9.88 Å². The largest absolute Gasteiger partial charge is 0.389 e. The van der Waals surface area contributed by atoms with Crippen molar-refractivity contribution >= 4 is 0 Å². The average Bonchev–Trinajstić information content (AvgIpc) is 2.74. The van der Waals surface area contributed by atoms with Crippen LogP contribution in [0.4, 0.5) is 4.39 Å². The van der Waals surface area contributed by atoms with Crippen LogP contribution in [0.3, 0.4) is 0 Å². The molecular weight excluding hydrogens is 373 g/mol. The van der Waals surface area contributed by atoms with Gasteiger partial charge in [0.1, 0.15) is 11.6 Å². The average molecular weight is 403 g/mol. The van der Waals surface area contributed by atoms with Gasteiger partial charge in [0, 0.05) is 31.3 Å². The molecule has 1 aromatic carbocycles. The van der Waals surface area contributed by atoms with Crippen molar-refractivity contribution in [3.05, 3.63) is 48.2 Å². The van der Waals surface area contributed by atoms with Gasteiger partial charge in [-0.25, -0.2) is 14.4 Å². The molecule has 1 N–H and O–H groups in total. The molecule has 0 saturated carbocycles. The van der Waals surface area contributed by atoms with Gasteiger partial charge < -0.3 is 19.5 Å². The fourth-order valence-electron chi connectivity index (χ4n) is 3.63. The third kappa shape index (κ3) is 6.54. The summed E-state index contributed by atoms with van der Waals surface area (Å²) in [5.41, 5.74) is 1.70. The van der Waals surface area contributed by atoms with Gasteiger partial charge in [-0.15, -0.1) is 0 Å². The van der Waals surface area contributed by atoms with Crippen LogP contribution in [-0.2, 0) is 9.47 Å². The Labute approximate surface area is 171 Å². The predicted octanol–water partition coefficient (Wildman–Crippen LogP) is 2.87. The van der Waals surface area contributed by atoms with E-state index in [1.165, 1.54) is 12.1 Å². The second kappa shape index (κ2) is 10.7. The van der Waals surface area contributed by atoms with Crippen molar-refractivity contribution in [2.75, 3.05) is 40.0 Å². The number of hydrogen-bond donors (Lipinski definition) is 1. The molecule has 0 amide bonds. The third-order valence-electron chi connectivity index (χ3n) is 5.21. The number of likely N-dealkylation sites (tertiary alicyclic amines) is 1. The minimum absolute atomic E-state index is 0.0223. The number of β-amino-alcohol motifs (C(OH)–C–C–N with tert-alkyl or cyclic N) is 1. The van der Waals surface area contributed by atoms with Gasteiger partial charge in [0.15, 0.2) is 0 Å². The standard InChI is InChI=1S/C22H30FN3O3/c1-16(14-28-2)29-15-20(27)13-26-11-8-18(9-12-26)22-24-10-7-21(25-22)17-3-5-19(23)6-4-17/h3-7,10,16,18,20,27H,8-9,11-15H2,1-2H3. The van der Waals surface area contributed by atoms with Gasteiger partial charge in [0.2, 0.25) is 0 Å². The maximum Gasteiger partial charge on any atom is 0.132 e. The summed E-state index contributed by atoms with van der Waals surface area (Å²) < 4.78 is 23.8. The van der Waals surface area contributed by atoms with Crippen molar-refractivity contribution in [2.24, 2.45) is 0 Å². The van der Waals surface area contributed by atoms with Crippen LogP contribution in [0.1, 0.15) is 31.5 Å². The fourth-order valence-corrected chi connectivity index (χ4v) is 3.63. The molecule has 0 aliphatic carbocycles. The summed E-state index contributed by atoms with van der Waals surface area (Å²) in [5.74, 6) is 0.877. The van der Waals surface area contributed by atoms with E-state index in [1.54, 1.807) is 25.4 Å². The Kier molecular flexibility index (Phi) is 8.06. The molecule has 2 heterocycles. The molecule has 6 nitrogen and oxygen atoms in total. The zero-order valence-electron chi connectivity index (χ0n) is 17.1. The van der Waals surface area contributed by atoms with E-state index >= 15 is 0 Å². The number of aliphatic hydroxyl groups is 1. The van der Waals surface area contributed by atoms with Crippen LogP contribution in [0, 0.1) is 5.82 Å². The molecule has 29 heavy (non-hydrogen) atoms. The van der Waals surface area contributed by atoms with Gasteiger partial charge in [-0.3, -0.25) is 0 Å². The lowest BCUT2D eigenvalue weighted by Crippen LogP contribution is -2.40. The maximum atomic E-state index is 13.2. The number of piperidine rings is 1. The highest BCUT2D eigenvalue weighted by molar-refractivity contribution is 5.58. The molecule has 2 unspecified atom stereocenters. The van der Waals surface area contributed by atoms with Gasteiger partial charge in [-0.1, -0.05) is 0 Å². The van der Waals surface area contributed by atoms with Crippen LogP contribution in [0.5, 0.6) is 0 Å². The first-order valence-corrected chi connectivity index (χ1v) is 10.1. The Hall–Kier alpha value is -1.93. The maximum absolute atomic E-state index is 13.2. The molecular formula is C22H30FN3O3. The summed E-state index contributed by atoms with van der Waals surface area (Å²) in [6.07, 6.45) is 3.13. The summed E-state index contributed by atoms with van der Waals surface area (Å²) in [7, 11) is 1.64. The fraction of sp³-hybridized carbons (Fsp3) is 0.545. The monoisotopic (exact) mass is 403 g/mol. The molecule has 3 rings (SSSR count). The molecule has 1 aromatic heterocycles. The van der Waals surface area contributed by atoms with Crippen molar-refractivity contribution < 1.29 is 19.0 Å². The van der Waals surface area contributed by atoms with Gasteiger partial charge >= 0.3 is 0 Å². The van der Waals surface area contributed by atoms with Crippen LogP contribution in [0.25, 0.3) is 11.3 Å². The zero-order valence-corrected chi connectivity index (χ0v) is 17.1. The molecule has 7 heteroatoms. The highest BCUT2D eigenvalue weighted by Crippen LogP contribution is 2.27. The molecule has 1 fully saturated rings. The van der Waals surface area contributed by atoms with E-state index in [-0.39, 0.29) is 11.9 Å². The molecule has 0 spiro atoms. The number of rotatable bonds is 9. The highest BCUT2D eigenvalue weighted by atomic mass is 19.1. The lowest BCUT2D eigenvalue weighted by atomic mass is 9.95. The molecule has 2 aromatic rings. The molecule has 158 valence electrons. The minimum Gasteiger partial charge on any atom is -0.389 e. The second-order valence-electron chi connectivity index (χ2n) is 7.63. The van der Waals surface area contributed by atoms with Crippen LogP contribution in [0.15, 0.2) is 36.5 Å².